The molecule has 0 unspecified atom stereocenters. The molecule has 0 radical (unpaired) electrons. The number of ether oxygens (including phenoxy) is 2. The van der Waals surface area contributed by atoms with E-state index in [0.29, 0.717) is 6.61 Å². The van der Waals surface area contributed by atoms with E-state index < -0.39 is 0 Å². The van der Waals surface area contributed by atoms with Crippen LogP contribution in [0.4, 0.5) is 0 Å². The number of aryl methyl sites for hydroxylation is 2. The summed E-state index contributed by atoms with van der Waals surface area (Å²) in [5, 5.41) is 0. The van der Waals surface area contributed by atoms with Crippen LogP contribution in [0.15, 0.2) is 36.5 Å². The fraction of sp³-hybridized carbons (Fsp3) is 0.312. The highest BCUT2D eigenvalue weighted by atomic mass is 16.5. The molecule has 3 nitrogen and oxygen atoms in total. The van der Waals surface area contributed by atoms with E-state index in [1.54, 1.807) is 7.11 Å². The van der Waals surface area contributed by atoms with Crippen LogP contribution in [0.25, 0.3) is 0 Å². The first-order chi connectivity index (χ1) is 9.22. The third-order valence-electron chi connectivity index (χ3n) is 3.00. The van der Waals surface area contributed by atoms with E-state index in [9.17, 15) is 0 Å². The number of pyridine rings is 1. The first kappa shape index (κ1) is 13.4. The van der Waals surface area contributed by atoms with Crippen molar-refractivity contribution >= 4 is 0 Å². The molecule has 19 heavy (non-hydrogen) atoms. The lowest BCUT2D eigenvalue weighted by Gasteiger charge is -2.11. The second-order valence-electron chi connectivity index (χ2n) is 4.44. The first-order valence-corrected chi connectivity index (χ1v) is 6.44. The van der Waals surface area contributed by atoms with Crippen molar-refractivity contribution in [2.24, 2.45) is 0 Å². The monoisotopic (exact) mass is 257 g/mol. The normalized spacial score (nSPS) is 10.3. The Kier molecular flexibility index (Phi) is 4.39. The van der Waals surface area contributed by atoms with Gasteiger partial charge >= 0.3 is 0 Å². The van der Waals surface area contributed by atoms with Gasteiger partial charge in [-0.2, -0.15) is 0 Å². The maximum Gasteiger partial charge on any atom is 0.161 e. The minimum absolute atomic E-state index is 0.495. The molecule has 0 aliphatic heterocycles. The average molecular weight is 257 g/mol. The van der Waals surface area contributed by atoms with Crippen LogP contribution in [0.2, 0.25) is 0 Å². The van der Waals surface area contributed by atoms with Gasteiger partial charge in [0.15, 0.2) is 11.5 Å². The summed E-state index contributed by atoms with van der Waals surface area (Å²) in [7, 11) is 1.66. The number of benzene rings is 1. The smallest absolute Gasteiger partial charge is 0.161 e. The van der Waals surface area contributed by atoms with Crippen molar-refractivity contribution in [2.45, 2.75) is 26.9 Å². The highest BCUT2D eigenvalue weighted by Gasteiger charge is 2.05. The van der Waals surface area contributed by atoms with Crippen LogP contribution in [0.3, 0.4) is 0 Å². The summed E-state index contributed by atoms with van der Waals surface area (Å²) in [6, 6.07) is 10.0. The number of methoxy groups -OCH3 is 1. The SMILES string of the molecule is CCc1ccc(OCc2ccc(C)nc2)c(OC)c1. The van der Waals surface area contributed by atoms with Crippen molar-refractivity contribution in [3.05, 3.63) is 53.3 Å². The Morgan fingerprint density at radius 3 is 2.47 bits per heavy atom. The lowest BCUT2D eigenvalue weighted by atomic mass is 10.1. The summed E-state index contributed by atoms with van der Waals surface area (Å²) in [6.45, 7) is 4.58. The minimum Gasteiger partial charge on any atom is -0.493 e. The molecule has 0 spiro atoms. The predicted molar refractivity (Wildman–Crippen MR) is 75.7 cm³/mol. The third-order valence-corrected chi connectivity index (χ3v) is 3.00. The molecule has 100 valence electrons. The van der Waals surface area contributed by atoms with E-state index in [1.165, 1.54) is 5.56 Å². The quantitative estimate of drug-likeness (QED) is 0.821. The lowest BCUT2D eigenvalue weighted by molar-refractivity contribution is 0.284. The molecular weight excluding hydrogens is 238 g/mol. The van der Waals surface area contributed by atoms with Gasteiger partial charge in [0.05, 0.1) is 7.11 Å². The molecule has 0 bridgehead atoms. The van der Waals surface area contributed by atoms with Crippen molar-refractivity contribution < 1.29 is 9.47 Å². The Bertz CT molecular complexity index is 535. The molecule has 0 saturated heterocycles. The lowest BCUT2D eigenvalue weighted by Crippen LogP contribution is -1.99. The molecule has 0 amide bonds. The molecule has 2 rings (SSSR count). The van der Waals surface area contributed by atoms with Crippen molar-refractivity contribution in [3.8, 4) is 11.5 Å². The Morgan fingerprint density at radius 2 is 1.84 bits per heavy atom. The molecule has 1 aromatic heterocycles. The number of hydrogen-bond donors (Lipinski definition) is 0. The van der Waals surface area contributed by atoms with Gasteiger partial charge in [0.1, 0.15) is 6.61 Å². The number of rotatable bonds is 5. The van der Waals surface area contributed by atoms with Gasteiger partial charge in [-0.3, -0.25) is 4.98 Å². The highest BCUT2D eigenvalue weighted by Crippen LogP contribution is 2.28. The van der Waals surface area contributed by atoms with Gasteiger partial charge in [0.25, 0.3) is 0 Å². The molecule has 0 fully saturated rings. The molecule has 0 N–H and O–H groups in total. The highest BCUT2D eigenvalue weighted by molar-refractivity contribution is 5.43. The maximum absolute atomic E-state index is 5.79. The van der Waals surface area contributed by atoms with E-state index in [-0.39, 0.29) is 0 Å². The van der Waals surface area contributed by atoms with Gasteiger partial charge in [-0.05, 0) is 37.1 Å². The summed E-state index contributed by atoms with van der Waals surface area (Å²) in [6.07, 6.45) is 2.82. The van der Waals surface area contributed by atoms with E-state index in [0.717, 1.165) is 29.2 Å². The Balaban J connectivity index is 2.08. The van der Waals surface area contributed by atoms with Gasteiger partial charge in [-0.1, -0.05) is 19.1 Å². The van der Waals surface area contributed by atoms with Gasteiger partial charge in [-0.25, -0.2) is 0 Å². The van der Waals surface area contributed by atoms with Gasteiger partial charge in [0.2, 0.25) is 0 Å². The third kappa shape index (κ3) is 3.47. The number of hydrogen-bond acceptors (Lipinski definition) is 3. The van der Waals surface area contributed by atoms with Crippen molar-refractivity contribution in [1.29, 1.82) is 0 Å². The molecule has 1 aromatic carbocycles. The maximum atomic E-state index is 5.79. The van der Waals surface area contributed by atoms with E-state index in [2.05, 4.69) is 18.0 Å². The Hall–Kier alpha value is -2.03. The number of aromatic nitrogens is 1. The zero-order valence-electron chi connectivity index (χ0n) is 11.6. The molecule has 1 heterocycles. The summed E-state index contributed by atoms with van der Waals surface area (Å²) in [4.78, 5) is 4.25. The Morgan fingerprint density at radius 1 is 1.05 bits per heavy atom. The molecule has 3 heteroatoms. The molecule has 0 saturated carbocycles. The molecule has 0 aliphatic carbocycles. The largest absolute Gasteiger partial charge is 0.493 e. The fourth-order valence-electron chi connectivity index (χ4n) is 1.80. The molecule has 0 aliphatic rings. The topological polar surface area (TPSA) is 31.4 Å². The van der Waals surface area contributed by atoms with Crippen LogP contribution in [-0.4, -0.2) is 12.1 Å². The van der Waals surface area contributed by atoms with E-state index in [4.69, 9.17) is 9.47 Å². The predicted octanol–water partition coefficient (Wildman–Crippen LogP) is 3.54. The van der Waals surface area contributed by atoms with Crippen molar-refractivity contribution in [3.63, 3.8) is 0 Å². The van der Waals surface area contributed by atoms with Gasteiger partial charge in [0, 0.05) is 17.5 Å². The van der Waals surface area contributed by atoms with Gasteiger partial charge < -0.3 is 9.47 Å². The van der Waals surface area contributed by atoms with Crippen LogP contribution in [0, 0.1) is 6.92 Å². The second-order valence-corrected chi connectivity index (χ2v) is 4.44. The van der Waals surface area contributed by atoms with E-state index >= 15 is 0 Å². The van der Waals surface area contributed by atoms with Crippen molar-refractivity contribution in [2.75, 3.05) is 7.11 Å². The first-order valence-electron chi connectivity index (χ1n) is 6.44. The molecular formula is C16H19NO2. The summed E-state index contributed by atoms with van der Waals surface area (Å²) in [5.41, 5.74) is 3.29. The van der Waals surface area contributed by atoms with Gasteiger partial charge in [-0.15, -0.1) is 0 Å². The second kappa shape index (κ2) is 6.23. The summed E-state index contributed by atoms with van der Waals surface area (Å²) in [5.74, 6) is 1.54. The zero-order valence-corrected chi connectivity index (χ0v) is 11.6. The van der Waals surface area contributed by atoms with Crippen LogP contribution in [0.1, 0.15) is 23.7 Å². The minimum atomic E-state index is 0.495. The van der Waals surface area contributed by atoms with Crippen LogP contribution >= 0.6 is 0 Å². The van der Waals surface area contributed by atoms with Crippen LogP contribution in [0.5, 0.6) is 11.5 Å². The summed E-state index contributed by atoms with van der Waals surface area (Å²) < 4.78 is 11.1. The molecule has 0 atom stereocenters. The molecule has 2 aromatic rings. The number of nitrogens with zero attached hydrogens (tertiary/aromatic N) is 1. The van der Waals surface area contributed by atoms with Crippen LogP contribution in [-0.2, 0) is 13.0 Å². The van der Waals surface area contributed by atoms with Crippen molar-refractivity contribution in [1.82, 2.24) is 4.98 Å². The van der Waals surface area contributed by atoms with E-state index in [1.807, 2.05) is 37.4 Å². The average Bonchev–Trinajstić information content (AvgIpc) is 2.46. The van der Waals surface area contributed by atoms with Crippen LogP contribution < -0.4 is 9.47 Å². The zero-order chi connectivity index (χ0) is 13.7. The fourth-order valence-corrected chi connectivity index (χ4v) is 1.80. The summed E-state index contributed by atoms with van der Waals surface area (Å²) >= 11 is 0. The standard InChI is InChI=1S/C16H19NO2/c1-4-13-7-8-15(16(9-13)18-3)19-11-14-6-5-12(2)17-10-14/h5-10H,4,11H2,1-3H3. The Labute approximate surface area is 114 Å².